The zero-order chi connectivity index (χ0) is 19.3. The minimum absolute atomic E-state index is 0.239. The molecule has 0 heterocycles. The van der Waals surface area contributed by atoms with Gasteiger partial charge in [0.05, 0.1) is 0 Å². The summed E-state index contributed by atoms with van der Waals surface area (Å²) < 4.78 is 0. The van der Waals surface area contributed by atoms with Crippen LogP contribution in [0, 0.1) is 0 Å². The number of rotatable bonds is 3. The lowest BCUT2D eigenvalue weighted by Crippen LogP contribution is -2.34. The molecular weight excluding hydrogens is 364 g/mol. The van der Waals surface area contributed by atoms with Gasteiger partial charge in [0.15, 0.2) is 5.11 Å². The van der Waals surface area contributed by atoms with Gasteiger partial charge in [-0.1, -0.05) is 78.9 Å². The van der Waals surface area contributed by atoms with Crippen molar-refractivity contribution in [3.63, 3.8) is 0 Å². The Bertz CT molecular complexity index is 1130. The van der Waals surface area contributed by atoms with Crippen LogP contribution in [0.1, 0.15) is 10.4 Å². The van der Waals surface area contributed by atoms with Gasteiger partial charge in [0, 0.05) is 16.6 Å². The van der Waals surface area contributed by atoms with E-state index in [-0.39, 0.29) is 11.0 Å². The Kier molecular flexibility index (Phi) is 5.13. The van der Waals surface area contributed by atoms with E-state index in [1.807, 2.05) is 84.9 Å². The fourth-order valence-corrected chi connectivity index (χ4v) is 3.31. The summed E-state index contributed by atoms with van der Waals surface area (Å²) in [7, 11) is 0. The van der Waals surface area contributed by atoms with E-state index in [4.69, 9.17) is 12.2 Å². The van der Waals surface area contributed by atoms with Crippen LogP contribution in [0.5, 0.6) is 0 Å². The van der Waals surface area contributed by atoms with Gasteiger partial charge in [-0.3, -0.25) is 10.1 Å². The van der Waals surface area contributed by atoms with E-state index in [2.05, 4.69) is 10.6 Å². The van der Waals surface area contributed by atoms with Crippen molar-refractivity contribution in [3.8, 4) is 11.1 Å². The highest BCUT2D eigenvalue weighted by atomic mass is 32.1. The number of amides is 1. The standard InChI is InChI=1S/C24H18N2OS/c27-23(20-15-13-18(14-16-20)17-7-2-1-3-8-17)26-24(28)25-22-12-6-10-19-9-4-5-11-21(19)22/h1-16H,(H2,25,26,27,28). The molecule has 0 fully saturated rings. The van der Waals surface area contributed by atoms with E-state index < -0.39 is 0 Å². The summed E-state index contributed by atoms with van der Waals surface area (Å²) in [5, 5.41) is 8.30. The molecule has 0 radical (unpaired) electrons. The van der Waals surface area contributed by atoms with E-state index in [1.54, 1.807) is 12.1 Å². The first-order valence-electron chi connectivity index (χ1n) is 8.96. The van der Waals surface area contributed by atoms with Gasteiger partial charge in [-0.15, -0.1) is 0 Å². The molecule has 4 aromatic carbocycles. The van der Waals surface area contributed by atoms with Crippen LogP contribution in [-0.2, 0) is 0 Å². The lowest BCUT2D eigenvalue weighted by Gasteiger charge is -2.12. The zero-order valence-electron chi connectivity index (χ0n) is 15.1. The highest BCUT2D eigenvalue weighted by Crippen LogP contribution is 2.23. The molecule has 1 amide bonds. The molecule has 28 heavy (non-hydrogen) atoms. The average Bonchev–Trinajstić information content (AvgIpc) is 2.75. The molecule has 2 N–H and O–H groups in total. The van der Waals surface area contributed by atoms with E-state index in [9.17, 15) is 4.79 Å². The maximum atomic E-state index is 12.5. The number of nitrogens with one attached hydrogen (secondary N) is 2. The van der Waals surface area contributed by atoms with Crippen molar-refractivity contribution in [1.82, 2.24) is 5.32 Å². The number of anilines is 1. The fourth-order valence-electron chi connectivity index (χ4n) is 3.11. The molecule has 0 saturated carbocycles. The number of benzene rings is 4. The average molecular weight is 382 g/mol. The lowest BCUT2D eigenvalue weighted by molar-refractivity contribution is 0.0978. The first-order chi connectivity index (χ1) is 13.7. The molecule has 0 aromatic heterocycles. The molecular formula is C24H18N2OS. The molecule has 0 unspecified atom stereocenters. The predicted molar refractivity (Wildman–Crippen MR) is 120 cm³/mol. The minimum atomic E-state index is -0.239. The molecule has 0 spiro atoms. The van der Waals surface area contributed by atoms with Crippen LogP contribution in [0.3, 0.4) is 0 Å². The number of hydrogen-bond donors (Lipinski definition) is 2. The van der Waals surface area contributed by atoms with E-state index >= 15 is 0 Å². The molecule has 4 heteroatoms. The smallest absolute Gasteiger partial charge is 0.257 e. The van der Waals surface area contributed by atoms with E-state index in [1.165, 1.54) is 0 Å². The first kappa shape index (κ1) is 17.9. The predicted octanol–water partition coefficient (Wildman–Crippen LogP) is 5.63. The van der Waals surface area contributed by atoms with Crippen LogP contribution in [0.2, 0.25) is 0 Å². The summed E-state index contributed by atoms with van der Waals surface area (Å²) in [5.74, 6) is -0.239. The zero-order valence-corrected chi connectivity index (χ0v) is 15.9. The molecule has 4 aromatic rings. The van der Waals surface area contributed by atoms with Gasteiger partial charge < -0.3 is 5.32 Å². The second-order valence-electron chi connectivity index (χ2n) is 6.38. The Morgan fingerprint density at radius 1 is 0.679 bits per heavy atom. The fraction of sp³-hybridized carbons (Fsp3) is 0. The van der Waals surface area contributed by atoms with Crippen LogP contribution >= 0.6 is 12.2 Å². The summed E-state index contributed by atoms with van der Waals surface area (Å²) in [6.07, 6.45) is 0. The molecule has 0 aliphatic rings. The van der Waals surface area contributed by atoms with Gasteiger partial charge in [0.1, 0.15) is 0 Å². The van der Waals surface area contributed by atoms with Crippen molar-refractivity contribution in [1.29, 1.82) is 0 Å². The lowest BCUT2D eigenvalue weighted by atomic mass is 10.0. The number of thiocarbonyl (C=S) groups is 1. The third kappa shape index (κ3) is 3.92. The van der Waals surface area contributed by atoms with Crippen LogP contribution in [0.15, 0.2) is 97.1 Å². The summed E-state index contributed by atoms with van der Waals surface area (Å²) in [4.78, 5) is 12.5. The Balaban J connectivity index is 1.45. The highest BCUT2D eigenvalue weighted by Gasteiger charge is 2.09. The largest absolute Gasteiger partial charge is 0.332 e. The number of fused-ring (bicyclic) bond motifs is 1. The molecule has 4 rings (SSSR count). The van der Waals surface area contributed by atoms with Crippen LogP contribution in [-0.4, -0.2) is 11.0 Å². The number of carbonyl (C=O) groups excluding carboxylic acids is 1. The monoisotopic (exact) mass is 382 g/mol. The van der Waals surface area contributed by atoms with Crippen molar-refractivity contribution >= 4 is 39.7 Å². The van der Waals surface area contributed by atoms with Crippen molar-refractivity contribution in [2.24, 2.45) is 0 Å². The first-order valence-corrected chi connectivity index (χ1v) is 9.37. The van der Waals surface area contributed by atoms with Gasteiger partial charge in [0.2, 0.25) is 0 Å². The van der Waals surface area contributed by atoms with Crippen LogP contribution in [0.4, 0.5) is 5.69 Å². The molecule has 136 valence electrons. The Labute approximate surface area is 169 Å². The SMILES string of the molecule is O=C(NC(=S)Nc1cccc2ccccc12)c1ccc(-c2ccccc2)cc1. The second-order valence-corrected chi connectivity index (χ2v) is 6.79. The van der Waals surface area contributed by atoms with Crippen molar-refractivity contribution < 1.29 is 4.79 Å². The molecule has 0 saturated heterocycles. The Hall–Kier alpha value is -3.50. The minimum Gasteiger partial charge on any atom is -0.332 e. The highest BCUT2D eigenvalue weighted by molar-refractivity contribution is 7.80. The molecule has 0 aliphatic carbocycles. The molecule has 0 atom stereocenters. The molecule has 0 bridgehead atoms. The van der Waals surface area contributed by atoms with Crippen molar-refractivity contribution in [2.45, 2.75) is 0 Å². The van der Waals surface area contributed by atoms with E-state index in [0.29, 0.717) is 5.56 Å². The van der Waals surface area contributed by atoms with E-state index in [0.717, 1.165) is 27.6 Å². The molecule has 0 aliphatic heterocycles. The summed E-state index contributed by atoms with van der Waals surface area (Å²) >= 11 is 5.33. The Morgan fingerprint density at radius 2 is 1.32 bits per heavy atom. The Morgan fingerprint density at radius 3 is 2.11 bits per heavy atom. The maximum Gasteiger partial charge on any atom is 0.257 e. The number of carbonyl (C=O) groups is 1. The van der Waals surface area contributed by atoms with Gasteiger partial charge in [-0.05, 0) is 46.9 Å². The van der Waals surface area contributed by atoms with Crippen LogP contribution < -0.4 is 10.6 Å². The van der Waals surface area contributed by atoms with Crippen LogP contribution in [0.25, 0.3) is 21.9 Å². The third-order valence-corrected chi connectivity index (χ3v) is 4.72. The van der Waals surface area contributed by atoms with Gasteiger partial charge in [-0.2, -0.15) is 0 Å². The van der Waals surface area contributed by atoms with Crippen molar-refractivity contribution in [3.05, 3.63) is 103 Å². The third-order valence-electron chi connectivity index (χ3n) is 4.52. The van der Waals surface area contributed by atoms with Gasteiger partial charge in [0.25, 0.3) is 5.91 Å². The van der Waals surface area contributed by atoms with Gasteiger partial charge >= 0.3 is 0 Å². The van der Waals surface area contributed by atoms with Gasteiger partial charge in [-0.25, -0.2) is 0 Å². The van der Waals surface area contributed by atoms with Crippen molar-refractivity contribution in [2.75, 3.05) is 5.32 Å². The number of hydrogen-bond acceptors (Lipinski definition) is 2. The normalized spacial score (nSPS) is 10.4. The summed E-state index contributed by atoms with van der Waals surface area (Å²) in [5.41, 5.74) is 3.60. The second kappa shape index (κ2) is 8.03. The molecule has 3 nitrogen and oxygen atoms in total. The maximum absolute atomic E-state index is 12.5. The summed E-state index contributed by atoms with van der Waals surface area (Å²) in [6, 6.07) is 31.5. The summed E-state index contributed by atoms with van der Waals surface area (Å²) in [6.45, 7) is 0. The topological polar surface area (TPSA) is 41.1 Å². The quantitative estimate of drug-likeness (QED) is 0.451.